The first-order chi connectivity index (χ1) is 17.3. The van der Waals surface area contributed by atoms with Crippen LogP contribution in [0.2, 0.25) is 0 Å². The summed E-state index contributed by atoms with van der Waals surface area (Å²) in [5.41, 5.74) is -0.229. The van der Waals surface area contributed by atoms with E-state index in [0.29, 0.717) is 29.4 Å². The van der Waals surface area contributed by atoms with Gasteiger partial charge in [-0.05, 0) is 48.9 Å². The Morgan fingerprint density at radius 2 is 1.75 bits per heavy atom. The van der Waals surface area contributed by atoms with Gasteiger partial charge in [-0.1, -0.05) is 18.2 Å². The number of hydrogen-bond acceptors (Lipinski definition) is 6. The number of nitrogens with zero attached hydrogens (tertiary/aromatic N) is 1. The summed E-state index contributed by atoms with van der Waals surface area (Å²) in [5.74, 6) is -3.28. The maximum Gasteiger partial charge on any atom is 0.300 e. The van der Waals surface area contributed by atoms with Gasteiger partial charge in [0.1, 0.15) is 23.1 Å². The van der Waals surface area contributed by atoms with Gasteiger partial charge >= 0.3 is 0 Å². The van der Waals surface area contributed by atoms with Crippen LogP contribution in [0.25, 0.3) is 5.76 Å². The Morgan fingerprint density at radius 3 is 2.44 bits per heavy atom. The lowest BCUT2D eigenvalue weighted by Gasteiger charge is -2.26. The normalized spacial score (nSPS) is 16.8. The Balaban J connectivity index is 2.00. The predicted molar refractivity (Wildman–Crippen MR) is 128 cm³/mol. The molecule has 1 heterocycles. The number of Topliss-reactive ketones (excluding diaryl/α,β-unsaturated/α-hetero) is 1. The minimum absolute atomic E-state index is 0.204. The second kappa shape index (κ2) is 10.1. The molecule has 1 aliphatic heterocycles. The molecule has 0 bridgehead atoms. The number of aliphatic hydroxyl groups is 1. The molecule has 9 heteroatoms. The molecule has 0 radical (unpaired) electrons. The maximum absolute atomic E-state index is 14.9. The number of carbonyl (C=O) groups excluding carboxylic acids is 2. The Kier molecular flexibility index (Phi) is 6.91. The predicted octanol–water partition coefficient (Wildman–Crippen LogP) is 5.01. The minimum atomic E-state index is -1.29. The summed E-state index contributed by atoms with van der Waals surface area (Å²) in [5, 5.41) is 11.2. The van der Waals surface area contributed by atoms with E-state index in [9.17, 15) is 23.5 Å². The van der Waals surface area contributed by atoms with Gasteiger partial charge in [-0.25, -0.2) is 8.78 Å². The van der Waals surface area contributed by atoms with Gasteiger partial charge in [-0.2, -0.15) is 0 Å². The van der Waals surface area contributed by atoms with Crippen LogP contribution in [-0.2, 0) is 9.59 Å². The summed E-state index contributed by atoms with van der Waals surface area (Å²) in [6.45, 7) is 2.06. The van der Waals surface area contributed by atoms with Gasteiger partial charge in [0.15, 0.2) is 11.5 Å². The molecule has 36 heavy (non-hydrogen) atoms. The molecule has 4 rings (SSSR count). The van der Waals surface area contributed by atoms with Crippen LogP contribution in [0, 0.1) is 11.6 Å². The van der Waals surface area contributed by atoms with Crippen molar-refractivity contribution in [3.8, 4) is 17.2 Å². The molecule has 3 aromatic carbocycles. The Morgan fingerprint density at radius 1 is 0.972 bits per heavy atom. The lowest BCUT2D eigenvalue weighted by molar-refractivity contribution is -0.132. The third-order valence-corrected chi connectivity index (χ3v) is 5.76. The van der Waals surface area contributed by atoms with Gasteiger partial charge in [-0.15, -0.1) is 0 Å². The molecule has 0 saturated carbocycles. The monoisotopic (exact) mass is 495 g/mol. The molecular weight excluding hydrogens is 472 g/mol. The summed E-state index contributed by atoms with van der Waals surface area (Å²) < 4.78 is 45.1. The average Bonchev–Trinajstić information content (AvgIpc) is 3.15. The van der Waals surface area contributed by atoms with Gasteiger partial charge in [0.2, 0.25) is 0 Å². The molecule has 1 N–H and O–H groups in total. The first-order valence-corrected chi connectivity index (χ1v) is 11.0. The van der Waals surface area contributed by atoms with E-state index in [1.54, 1.807) is 31.2 Å². The molecule has 186 valence electrons. The van der Waals surface area contributed by atoms with E-state index in [-0.39, 0.29) is 11.1 Å². The van der Waals surface area contributed by atoms with Crippen LogP contribution in [0.4, 0.5) is 14.5 Å². The van der Waals surface area contributed by atoms with Crippen molar-refractivity contribution >= 4 is 23.1 Å². The molecule has 0 aromatic heterocycles. The van der Waals surface area contributed by atoms with Gasteiger partial charge < -0.3 is 19.3 Å². The Hall–Kier alpha value is -4.40. The van der Waals surface area contributed by atoms with E-state index in [1.807, 2.05) is 0 Å². The van der Waals surface area contributed by atoms with Gasteiger partial charge in [0, 0.05) is 11.6 Å². The quantitative estimate of drug-likeness (QED) is 0.282. The average molecular weight is 495 g/mol. The maximum atomic E-state index is 14.9. The molecule has 1 unspecified atom stereocenters. The molecule has 1 aliphatic rings. The molecular formula is C27H23F2NO6. The summed E-state index contributed by atoms with van der Waals surface area (Å²) in [7, 11) is 2.89. The topological polar surface area (TPSA) is 85.3 Å². The second-order valence-corrected chi connectivity index (χ2v) is 7.84. The molecule has 3 aromatic rings. The Labute approximate surface area is 206 Å². The molecule has 1 fully saturated rings. The zero-order chi connectivity index (χ0) is 26.0. The summed E-state index contributed by atoms with van der Waals surface area (Å²) >= 11 is 0. The molecule has 1 amide bonds. The summed E-state index contributed by atoms with van der Waals surface area (Å²) in [6.07, 6.45) is 0. The highest BCUT2D eigenvalue weighted by atomic mass is 19.1. The van der Waals surface area contributed by atoms with Gasteiger partial charge in [-0.3, -0.25) is 14.5 Å². The number of benzene rings is 3. The highest BCUT2D eigenvalue weighted by molar-refractivity contribution is 6.51. The number of carbonyl (C=O) groups is 2. The lowest BCUT2D eigenvalue weighted by Crippen LogP contribution is -2.30. The number of ketones is 1. The van der Waals surface area contributed by atoms with E-state index in [0.717, 1.165) is 23.1 Å². The number of methoxy groups -OCH3 is 2. The summed E-state index contributed by atoms with van der Waals surface area (Å²) in [4.78, 5) is 27.3. The molecule has 0 spiro atoms. The lowest BCUT2D eigenvalue weighted by atomic mass is 9.94. The van der Waals surface area contributed by atoms with Crippen molar-refractivity contribution in [2.45, 2.75) is 13.0 Å². The zero-order valence-corrected chi connectivity index (χ0v) is 19.7. The fourth-order valence-corrected chi connectivity index (χ4v) is 4.12. The van der Waals surface area contributed by atoms with Crippen molar-refractivity contribution in [2.75, 3.05) is 25.7 Å². The number of aliphatic hydroxyl groups excluding tert-OH is 1. The minimum Gasteiger partial charge on any atom is -0.507 e. The van der Waals surface area contributed by atoms with Crippen LogP contribution in [0.1, 0.15) is 24.1 Å². The third-order valence-electron chi connectivity index (χ3n) is 5.76. The van der Waals surface area contributed by atoms with E-state index >= 15 is 0 Å². The molecule has 1 atom stereocenters. The number of anilines is 1. The second-order valence-electron chi connectivity index (χ2n) is 7.84. The number of amides is 1. The number of rotatable bonds is 7. The van der Waals surface area contributed by atoms with E-state index in [2.05, 4.69) is 0 Å². The summed E-state index contributed by atoms with van der Waals surface area (Å²) in [6, 6.07) is 12.2. The highest BCUT2D eigenvalue weighted by Gasteiger charge is 2.48. The third kappa shape index (κ3) is 4.35. The number of hydrogen-bond donors (Lipinski definition) is 1. The van der Waals surface area contributed by atoms with Crippen LogP contribution in [0.5, 0.6) is 17.2 Å². The van der Waals surface area contributed by atoms with Crippen molar-refractivity contribution in [1.29, 1.82) is 0 Å². The standard InChI is InChI=1S/C27H23F2NO6/c1-4-36-22-13-15(8-11-21(22)35-3)24-23(25(31)16-6-5-7-18(12-16)34-2)26(32)27(33)30(24)20-14-17(28)9-10-19(20)29/h5-14,24,31H,4H2,1-3H3/b25-23+. The van der Waals surface area contributed by atoms with Gasteiger partial charge in [0.25, 0.3) is 11.7 Å². The molecule has 7 nitrogen and oxygen atoms in total. The van der Waals surface area contributed by atoms with Crippen LogP contribution in [0.3, 0.4) is 0 Å². The van der Waals surface area contributed by atoms with Crippen LogP contribution in [-0.4, -0.2) is 37.6 Å². The van der Waals surface area contributed by atoms with Crippen molar-refractivity contribution in [3.05, 3.63) is 89.0 Å². The van der Waals surface area contributed by atoms with Crippen molar-refractivity contribution < 1.29 is 37.7 Å². The number of ether oxygens (including phenoxy) is 3. The van der Waals surface area contributed by atoms with Crippen molar-refractivity contribution in [2.24, 2.45) is 0 Å². The first-order valence-electron chi connectivity index (χ1n) is 11.0. The fraction of sp³-hybridized carbons (Fsp3) is 0.185. The first kappa shape index (κ1) is 24.7. The molecule has 0 aliphatic carbocycles. The Bertz CT molecular complexity index is 1370. The molecule has 1 saturated heterocycles. The SMILES string of the molecule is CCOc1cc(C2/C(=C(\O)c3cccc(OC)c3)C(=O)C(=O)N2c2cc(F)ccc2F)ccc1OC. The van der Waals surface area contributed by atoms with Gasteiger partial charge in [0.05, 0.1) is 38.1 Å². The highest BCUT2D eigenvalue weighted by Crippen LogP contribution is 2.45. The van der Waals surface area contributed by atoms with Crippen LogP contribution >= 0.6 is 0 Å². The fourth-order valence-electron chi connectivity index (χ4n) is 4.12. The van der Waals surface area contributed by atoms with Crippen molar-refractivity contribution in [3.63, 3.8) is 0 Å². The zero-order valence-electron chi connectivity index (χ0n) is 19.7. The van der Waals surface area contributed by atoms with E-state index < -0.39 is 40.8 Å². The smallest absolute Gasteiger partial charge is 0.300 e. The van der Waals surface area contributed by atoms with Crippen LogP contribution < -0.4 is 19.1 Å². The van der Waals surface area contributed by atoms with E-state index in [4.69, 9.17) is 14.2 Å². The van der Waals surface area contributed by atoms with Crippen LogP contribution in [0.15, 0.2) is 66.2 Å². The number of halogens is 2. The van der Waals surface area contributed by atoms with Crippen molar-refractivity contribution in [1.82, 2.24) is 0 Å². The largest absolute Gasteiger partial charge is 0.507 e. The van der Waals surface area contributed by atoms with E-state index in [1.165, 1.54) is 32.4 Å².